The van der Waals surface area contributed by atoms with Crippen LogP contribution in [0.5, 0.6) is 0 Å². The SMILES string of the molecule is COC(=O)c1ccc([C@@H]2C[C@H](OC)CCN2C(=O)OCc2ccccc2)cc1. The van der Waals surface area contributed by atoms with Crippen molar-refractivity contribution in [1.29, 1.82) is 0 Å². The molecule has 148 valence electrons. The highest BCUT2D eigenvalue weighted by Crippen LogP contribution is 2.33. The third kappa shape index (κ3) is 4.70. The molecule has 0 radical (unpaired) electrons. The van der Waals surface area contributed by atoms with Gasteiger partial charge in [-0.25, -0.2) is 9.59 Å². The fraction of sp³-hybridized carbons (Fsp3) is 0.364. The Labute approximate surface area is 165 Å². The summed E-state index contributed by atoms with van der Waals surface area (Å²) in [5.41, 5.74) is 2.36. The highest BCUT2D eigenvalue weighted by molar-refractivity contribution is 5.89. The molecule has 2 aromatic carbocycles. The Kier molecular flexibility index (Phi) is 6.66. The van der Waals surface area contributed by atoms with Gasteiger partial charge < -0.3 is 19.1 Å². The Bertz CT molecular complexity index is 790. The zero-order valence-corrected chi connectivity index (χ0v) is 16.2. The van der Waals surface area contributed by atoms with Gasteiger partial charge >= 0.3 is 12.1 Å². The Morgan fingerprint density at radius 3 is 2.39 bits per heavy atom. The van der Waals surface area contributed by atoms with E-state index < -0.39 is 0 Å². The van der Waals surface area contributed by atoms with Crippen LogP contribution in [-0.4, -0.2) is 43.8 Å². The molecular formula is C22H25NO5. The largest absolute Gasteiger partial charge is 0.465 e. The minimum absolute atomic E-state index is 0.0726. The molecule has 0 aliphatic carbocycles. The van der Waals surface area contributed by atoms with E-state index in [9.17, 15) is 9.59 Å². The number of ether oxygens (including phenoxy) is 3. The Morgan fingerprint density at radius 2 is 1.75 bits per heavy atom. The molecule has 2 aromatic rings. The van der Waals surface area contributed by atoms with Gasteiger partial charge in [-0.1, -0.05) is 42.5 Å². The van der Waals surface area contributed by atoms with Crippen LogP contribution in [0.3, 0.4) is 0 Å². The van der Waals surface area contributed by atoms with E-state index in [0.717, 1.165) is 17.5 Å². The molecule has 0 N–H and O–H groups in total. The van der Waals surface area contributed by atoms with Crippen molar-refractivity contribution in [2.24, 2.45) is 0 Å². The molecule has 0 saturated carbocycles. The van der Waals surface area contributed by atoms with Crippen molar-refractivity contribution in [2.45, 2.75) is 31.6 Å². The number of rotatable bonds is 5. The maximum atomic E-state index is 12.8. The Hall–Kier alpha value is -2.86. The second-order valence-corrected chi connectivity index (χ2v) is 6.75. The van der Waals surface area contributed by atoms with Crippen LogP contribution in [0.4, 0.5) is 4.79 Å². The van der Waals surface area contributed by atoms with E-state index in [-0.39, 0.29) is 30.8 Å². The number of nitrogens with zero attached hydrogens (tertiary/aromatic N) is 1. The van der Waals surface area contributed by atoms with E-state index in [2.05, 4.69) is 0 Å². The smallest absolute Gasteiger partial charge is 0.410 e. The van der Waals surface area contributed by atoms with Crippen molar-refractivity contribution >= 4 is 12.1 Å². The first-order valence-corrected chi connectivity index (χ1v) is 9.30. The van der Waals surface area contributed by atoms with Crippen molar-refractivity contribution in [3.8, 4) is 0 Å². The van der Waals surface area contributed by atoms with Crippen LogP contribution < -0.4 is 0 Å². The van der Waals surface area contributed by atoms with Crippen LogP contribution in [0.15, 0.2) is 54.6 Å². The van der Waals surface area contributed by atoms with Crippen molar-refractivity contribution in [2.75, 3.05) is 20.8 Å². The van der Waals surface area contributed by atoms with E-state index in [1.165, 1.54) is 7.11 Å². The number of methoxy groups -OCH3 is 2. The van der Waals surface area contributed by atoms with Crippen molar-refractivity contribution in [1.82, 2.24) is 4.90 Å². The zero-order chi connectivity index (χ0) is 19.9. The summed E-state index contributed by atoms with van der Waals surface area (Å²) in [4.78, 5) is 26.2. The molecule has 3 rings (SSSR count). The molecular weight excluding hydrogens is 358 g/mol. The number of carbonyl (C=O) groups is 2. The molecule has 0 unspecified atom stereocenters. The molecule has 6 heteroatoms. The second-order valence-electron chi connectivity index (χ2n) is 6.75. The number of carbonyl (C=O) groups excluding carboxylic acids is 2. The van der Waals surface area contributed by atoms with Gasteiger partial charge in [-0.05, 0) is 36.1 Å². The predicted molar refractivity (Wildman–Crippen MR) is 104 cm³/mol. The maximum Gasteiger partial charge on any atom is 0.410 e. The average Bonchev–Trinajstić information content (AvgIpc) is 2.77. The van der Waals surface area contributed by atoms with E-state index in [1.807, 2.05) is 42.5 Å². The van der Waals surface area contributed by atoms with E-state index in [4.69, 9.17) is 14.2 Å². The summed E-state index contributed by atoms with van der Waals surface area (Å²) in [7, 11) is 3.04. The third-order valence-corrected chi connectivity index (χ3v) is 5.04. The number of likely N-dealkylation sites (tertiary alicyclic amines) is 1. The number of amides is 1. The van der Waals surface area contributed by atoms with Crippen LogP contribution in [-0.2, 0) is 20.8 Å². The van der Waals surface area contributed by atoms with Gasteiger partial charge in [-0.15, -0.1) is 0 Å². The standard InChI is InChI=1S/C22H25NO5/c1-26-19-12-13-23(22(25)28-15-16-6-4-3-5-7-16)20(14-19)17-8-10-18(11-9-17)21(24)27-2/h3-11,19-20H,12-15H2,1-2H3/t19-,20+/m1/s1. The highest BCUT2D eigenvalue weighted by Gasteiger charge is 2.33. The van der Waals surface area contributed by atoms with Gasteiger partial charge in [0.25, 0.3) is 0 Å². The van der Waals surface area contributed by atoms with Gasteiger partial charge in [0.15, 0.2) is 0 Å². The molecule has 0 aromatic heterocycles. The fourth-order valence-electron chi connectivity index (χ4n) is 3.44. The summed E-state index contributed by atoms with van der Waals surface area (Å²) in [6.07, 6.45) is 1.16. The first-order chi connectivity index (χ1) is 13.6. The third-order valence-electron chi connectivity index (χ3n) is 5.04. The lowest BCUT2D eigenvalue weighted by molar-refractivity contribution is 0.00474. The molecule has 28 heavy (non-hydrogen) atoms. The minimum Gasteiger partial charge on any atom is -0.465 e. The summed E-state index contributed by atoms with van der Waals surface area (Å²) in [5.74, 6) is -0.385. The normalized spacial score (nSPS) is 19.1. The van der Waals surface area contributed by atoms with Gasteiger partial charge in [0.1, 0.15) is 6.61 Å². The van der Waals surface area contributed by atoms with Crippen molar-refractivity contribution in [3.63, 3.8) is 0 Å². The molecule has 0 spiro atoms. The molecule has 1 amide bonds. The number of piperidine rings is 1. The van der Waals surface area contributed by atoms with Crippen molar-refractivity contribution < 1.29 is 23.8 Å². The van der Waals surface area contributed by atoms with Gasteiger partial charge in [0.05, 0.1) is 24.8 Å². The monoisotopic (exact) mass is 383 g/mol. The number of hydrogen-bond acceptors (Lipinski definition) is 5. The Morgan fingerprint density at radius 1 is 1.04 bits per heavy atom. The highest BCUT2D eigenvalue weighted by atomic mass is 16.6. The molecule has 1 aliphatic heterocycles. The van der Waals surface area contributed by atoms with Crippen LogP contribution in [0, 0.1) is 0 Å². The number of benzene rings is 2. The first kappa shape index (κ1) is 19.9. The molecule has 1 aliphatic rings. The average molecular weight is 383 g/mol. The molecule has 2 atom stereocenters. The van der Waals surface area contributed by atoms with Gasteiger partial charge in [-0.3, -0.25) is 0 Å². The van der Waals surface area contributed by atoms with Crippen LogP contribution >= 0.6 is 0 Å². The lowest BCUT2D eigenvalue weighted by atomic mass is 9.93. The lowest BCUT2D eigenvalue weighted by Gasteiger charge is -2.38. The van der Waals surface area contributed by atoms with Crippen LogP contribution in [0.2, 0.25) is 0 Å². The fourth-order valence-corrected chi connectivity index (χ4v) is 3.44. The Balaban J connectivity index is 1.74. The van der Waals surface area contributed by atoms with Crippen LogP contribution in [0.1, 0.15) is 40.4 Å². The predicted octanol–water partition coefficient (Wildman–Crippen LogP) is 3.96. The van der Waals surface area contributed by atoms with Gasteiger partial charge in [0, 0.05) is 13.7 Å². The zero-order valence-electron chi connectivity index (χ0n) is 16.2. The number of hydrogen-bond donors (Lipinski definition) is 0. The maximum absolute atomic E-state index is 12.8. The molecule has 1 heterocycles. The summed E-state index contributed by atoms with van der Waals surface area (Å²) in [6, 6.07) is 16.6. The van der Waals surface area contributed by atoms with Gasteiger partial charge in [-0.2, -0.15) is 0 Å². The second kappa shape index (κ2) is 9.37. The summed E-state index contributed by atoms with van der Waals surface area (Å²) in [6.45, 7) is 0.785. The quantitative estimate of drug-likeness (QED) is 0.731. The molecule has 1 saturated heterocycles. The molecule has 6 nitrogen and oxygen atoms in total. The lowest BCUT2D eigenvalue weighted by Crippen LogP contribution is -2.43. The van der Waals surface area contributed by atoms with Gasteiger partial charge in [0.2, 0.25) is 0 Å². The summed E-state index contributed by atoms with van der Waals surface area (Å²) in [5, 5.41) is 0. The summed E-state index contributed by atoms with van der Waals surface area (Å²) >= 11 is 0. The van der Waals surface area contributed by atoms with E-state index in [1.54, 1.807) is 24.1 Å². The summed E-state index contributed by atoms with van der Waals surface area (Å²) < 4.78 is 15.8. The van der Waals surface area contributed by atoms with E-state index >= 15 is 0 Å². The van der Waals surface area contributed by atoms with Crippen LogP contribution in [0.25, 0.3) is 0 Å². The topological polar surface area (TPSA) is 65.1 Å². The molecule has 1 fully saturated rings. The van der Waals surface area contributed by atoms with E-state index in [0.29, 0.717) is 18.5 Å². The number of esters is 1. The molecule has 0 bridgehead atoms. The minimum atomic E-state index is -0.385. The first-order valence-electron chi connectivity index (χ1n) is 9.30. The van der Waals surface area contributed by atoms with Crippen molar-refractivity contribution in [3.05, 3.63) is 71.3 Å².